The predicted molar refractivity (Wildman–Crippen MR) is 106 cm³/mol. The van der Waals surface area contributed by atoms with E-state index >= 15 is 0 Å². The fraction of sp³-hybridized carbons (Fsp3) is 0.727. The molecule has 1 unspecified atom stereocenters. The van der Waals surface area contributed by atoms with Gasteiger partial charge in [-0.05, 0) is 48.8 Å². The van der Waals surface area contributed by atoms with Crippen LogP contribution in [-0.4, -0.2) is 20.6 Å². The lowest BCUT2D eigenvalue weighted by atomic mass is 9.76. The maximum absolute atomic E-state index is 2.41. The molecule has 0 fully saturated rings. The fourth-order valence-corrected chi connectivity index (χ4v) is 3.75. The summed E-state index contributed by atoms with van der Waals surface area (Å²) in [4.78, 5) is 0. The monoisotopic (exact) mass is 318 g/mol. The summed E-state index contributed by atoms with van der Waals surface area (Å²) in [7, 11) is 4.58. The Balaban J connectivity index is 3.06. The molecule has 0 aliphatic rings. The molecule has 0 aliphatic carbocycles. The van der Waals surface area contributed by atoms with Crippen LogP contribution in [0.5, 0.6) is 0 Å². The Morgan fingerprint density at radius 1 is 0.783 bits per heavy atom. The Labute approximate surface area is 145 Å². The van der Waals surface area contributed by atoms with Gasteiger partial charge in [-0.2, -0.15) is 0 Å². The molecule has 1 aromatic carbocycles. The fourth-order valence-electron chi connectivity index (χ4n) is 3.75. The van der Waals surface area contributed by atoms with Crippen LogP contribution in [0.3, 0.4) is 0 Å². The molecule has 1 rings (SSSR count). The average molecular weight is 319 g/mol. The highest BCUT2D eigenvalue weighted by Gasteiger charge is 2.24. The Morgan fingerprint density at radius 2 is 1.30 bits per heavy atom. The molecule has 0 aliphatic heterocycles. The SMILES string of the molecule is CCC(CC)CC(c1ccc([N+](C)(C)CC)cc1)C(CC)CC. The molecule has 0 spiro atoms. The summed E-state index contributed by atoms with van der Waals surface area (Å²) in [5.41, 5.74) is 2.98. The molecule has 0 N–H and O–H groups in total. The van der Waals surface area contributed by atoms with Gasteiger partial charge in [0.1, 0.15) is 5.69 Å². The van der Waals surface area contributed by atoms with Crippen molar-refractivity contribution in [2.75, 3.05) is 20.6 Å². The van der Waals surface area contributed by atoms with E-state index in [0.29, 0.717) is 0 Å². The zero-order valence-corrected chi connectivity index (χ0v) is 16.7. The third-order valence-corrected chi connectivity index (χ3v) is 6.17. The van der Waals surface area contributed by atoms with E-state index < -0.39 is 0 Å². The van der Waals surface area contributed by atoms with Crippen molar-refractivity contribution in [3.05, 3.63) is 29.8 Å². The summed E-state index contributed by atoms with van der Waals surface area (Å²) >= 11 is 0. The quantitative estimate of drug-likeness (QED) is 0.425. The van der Waals surface area contributed by atoms with Crippen molar-refractivity contribution < 1.29 is 0 Å². The van der Waals surface area contributed by atoms with Crippen LogP contribution >= 0.6 is 0 Å². The molecule has 0 saturated heterocycles. The molecule has 1 atom stereocenters. The molecule has 1 nitrogen and oxygen atoms in total. The molecule has 1 aromatic rings. The van der Waals surface area contributed by atoms with Crippen LogP contribution < -0.4 is 4.48 Å². The van der Waals surface area contributed by atoms with Gasteiger partial charge in [-0.25, -0.2) is 0 Å². The van der Waals surface area contributed by atoms with Crippen LogP contribution in [0.4, 0.5) is 5.69 Å². The molecule has 132 valence electrons. The lowest BCUT2D eigenvalue weighted by molar-refractivity contribution is 0.314. The molecule has 0 aromatic heterocycles. The van der Waals surface area contributed by atoms with Gasteiger partial charge in [0.05, 0.1) is 20.6 Å². The maximum atomic E-state index is 2.41. The highest BCUT2D eigenvalue weighted by Crippen LogP contribution is 2.37. The van der Waals surface area contributed by atoms with Crippen molar-refractivity contribution in [2.45, 2.75) is 72.6 Å². The number of hydrogen-bond donors (Lipinski definition) is 0. The lowest BCUT2D eigenvalue weighted by Gasteiger charge is -2.31. The Bertz CT molecular complexity index is 424. The molecular formula is C22H40N+. The van der Waals surface area contributed by atoms with Crippen LogP contribution in [0, 0.1) is 11.8 Å². The summed E-state index contributed by atoms with van der Waals surface area (Å²) in [6.07, 6.45) is 6.56. The van der Waals surface area contributed by atoms with E-state index in [1.807, 2.05) is 0 Å². The summed E-state index contributed by atoms with van der Waals surface area (Å²) in [6, 6.07) is 9.55. The largest absolute Gasteiger partial charge is 0.296 e. The Morgan fingerprint density at radius 3 is 1.70 bits per heavy atom. The van der Waals surface area contributed by atoms with Gasteiger partial charge in [0.15, 0.2) is 0 Å². The minimum absolute atomic E-state index is 0.723. The van der Waals surface area contributed by atoms with E-state index in [9.17, 15) is 0 Å². The standard InChI is InChI=1S/C22H40N/c1-8-18(9-2)17-22(19(10-3)11-4)20-13-15-21(16-14-20)23(6,7)12-5/h13-16,18-19,22H,8-12,17H2,1-7H3/q+1. The highest BCUT2D eigenvalue weighted by molar-refractivity contribution is 5.44. The first-order chi connectivity index (χ1) is 10.9. The van der Waals surface area contributed by atoms with Crippen molar-refractivity contribution in [3.8, 4) is 0 Å². The predicted octanol–water partition coefficient (Wildman–Crippen LogP) is 6.62. The number of benzene rings is 1. The average Bonchev–Trinajstić information content (AvgIpc) is 2.59. The second-order valence-electron chi connectivity index (χ2n) is 7.69. The van der Waals surface area contributed by atoms with Gasteiger partial charge in [-0.3, -0.25) is 4.48 Å². The zero-order chi connectivity index (χ0) is 17.5. The molecule has 1 heteroatoms. The normalized spacial score (nSPS) is 13.8. The molecular weight excluding hydrogens is 278 g/mol. The summed E-state index contributed by atoms with van der Waals surface area (Å²) in [5.74, 6) is 2.40. The van der Waals surface area contributed by atoms with Crippen molar-refractivity contribution in [2.24, 2.45) is 11.8 Å². The van der Waals surface area contributed by atoms with E-state index in [1.165, 1.54) is 37.8 Å². The van der Waals surface area contributed by atoms with Gasteiger partial charge in [0, 0.05) is 0 Å². The summed E-state index contributed by atoms with van der Waals surface area (Å²) in [6.45, 7) is 12.8. The van der Waals surface area contributed by atoms with Gasteiger partial charge in [0.25, 0.3) is 0 Å². The second-order valence-corrected chi connectivity index (χ2v) is 7.69. The molecule has 0 radical (unpaired) electrons. The van der Waals surface area contributed by atoms with Crippen molar-refractivity contribution >= 4 is 5.69 Å². The first-order valence-corrected chi connectivity index (χ1v) is 9.86. The van der Waals surface area contributed by atoms with Gasteiger partial charge >= 0.3 is 0 Å². The number of rotatable bonds is 10. The van der Waals surface area contributed by atoms with E-state index in [-0.39, 0.29) is 0 Å². The lowest BCUT2D eigenvalue weighted by Crippen LogP contribution is -2.39. The second kappa shape index (κ2) is 9.47. The van der Waals surface area contributed by atoms with Crippen LogP contribution in [0.25, 0.3) is 0 Å². The van der Waals surface area contributed by atoms with Crippen LogP contribution in [0.1, 0.15) is 78.2 Å². The van der Waals surface area contributed by atoms with Gasteiger partial charge in [0.2, 0.25) is 0 Å². The van der Waals surface area contributed by atoms with Crippen molar-refractivity contribution in [1.82, 2.24) is 4.48 Å². The molecule has 0 amide bonds. The first kappa shape index (κ1) is 20.2. The maximum Gasteiger partial charge on any atom is 0.132 e. The van der Waals surface area contributed by atoms with Crippen LogP contribution in [0.2, 0.25) is 0 Å². The van der Waals surface area contributed by atoms with Gasteiger partial charge in [-0.1, -0.05) is 65.5 Å². The van der Waals surface area contributed by atoms with Gasteiger partial charge < -0.3 is 0 Å². The Hall–Kier alpha value is -0.820. The first-order valence-electron chi connectivity index (χ1n) is 9.86. The molecule has 0 heterocycles. The van der Waals surface area contributed by atoms with Crippen LogP contribution in [-0.2, 0) is 0 Å². The van der Waals surface area contributed by atoms with E-state index in [1.54, 1.807) is 5.56 Å². The minimum Gasteiger partial charge on any atom is -0.296 e. The summed E-state index contributed by atoms with van der Waals surface area (Å²) < 4.78 is 0.961. The van der Waals surface area contributed by atoms with E-state index in [0.717, 1.165) is 28.8 Å². The molecule has 0 saturated carbocycles. The molecule has 23 heavy (non-hydrogen) atoms. The Kier molecular flexibility index (Phi) is 8.33. The summed E-state index contributed by atoms with van der Waals surface area (Å²) in [5, 5.41) is 0. The van der Waals surface area contributed by atoms with E-state index in [4.69, 9.17) is 0 Å². The third kappa shape index (κ3) is 5.35. The van der Waals surface area contributed by atoms with Crippen molar-refractivity contribution in [3.63, 3.8) is 0 Å². The number of nitrogens with zero attached hydrogens (tertiary/aromatic N) is 1. The smallest absolute Gasteiger partial charge is 0.132 e. The number of hydrogen-bond acceptors (Lipinski definition) is 0. The molecule has 0 bridgehead atoms. The van der Waals surface area contributed by atoms with Crippen molar-refractivity contribution in [1.29, 1.82) is 0 Å². The van der Waals surface area contributed by atoms with E-state index in [2.05, 4.69) is 73.0 Å². The van der Waals surface area contributed by atoms with Crippen LogP contribution in [0.15, 0.2) is 24.3 Å². The number of quaternary nitrogens is 1. The highest BCUT2D eigenvalue weighted by atomic mass is 15.3. The third-order valence-electron chi connectivity index (χ3n) is 6.17. The minimum atomic E-state index is 0.723. The van der Waals surface area contributed by atoms with Gasteiger partial charge in [-0.15, -0.1) is 0 Å². The topological polar surface area (TPSA) is 0 Å². The zero-order valence-electron chi connectivity index (χ0n) is 16.7.